The number of carbonyl (C=O) groups is 3. The number of aliphatic carboxylic acids is 1. The van der Waals surface area contributed by atoms with E-state index in [2.05, 4.69) is 22.0 Å². The molecule has 4 N–H and O–H groups in total. The number of hydrogen-bond acceptors (Lipinski definition) is 10. The number of aromatic nitrogens is 2. The maximum absolute atomic E-state index is 13.3. The van der Waals surface area contributed by atoms with Crippen molar-refractivity contribution in [1.29, 1.82) is 0 Å². The molecule has 5 rings (SSSR count). The van der Waals surface area contributed by atoms with Gasteiger partial charge in [0.1, 0.15) is 30.6 Å². The fourth-order valence-corrected chi connectivity index (χ4v) is 6.25. The summed E-state index contributed by atoms with van der Waals surface area (Å²) in [6.45, 7) is 4.43. The zero-order chi connectivity index (χ0) is 28.2. The molecule has 0 radical (unpaired) electrons. The summed E-state index contributed by atoms with van der Waals surface area (Å²) in [5.41, 5.74) is 5.50. The third-order valence-corrected chi connectivity index (χ3v) is 8.63. The zero-order valence-corrected chi connectivity index (χ0v) is 23.2. The maximum atomic E-state index is 13.3. The first kappa shape index (κ1) is 27.6. The van der Waals surface area contributed by atoms with Gasteiger partial charge in [0.2, 0.25) is 0 Å². The highest BCUT2D eigenvalue weighted by Crippen LogP contribution is 2.35. The number of anilines is 1. The summed E-state index contributed by atoms with van der Waals surface area (Å²) in [5, 5.41) is 17.0. The Balaban J connectivity index is 1.28. The minimum atomic E-state index is -1.28. The first-order valence-electron chi connectivity index (χ1n) is 12.8. The van der Waals surface area contributed by atoms with E-state index in [-0.39, 0.29) is 40.8 Å². The number of allylic oxidation sites excluding steroid dienone is 1. The number of carboxylic acids is 1. The molecule has 2 aliphatic heterocycles. The van der Waals surface area contributed by atoms with Gasteiger partial charge in [-0.15, -0.1) is 11.8 Å². The van der Waals surface area contributed by atoms with Gasteiger partial charge in [0, 0.05) is 23.2 Å². The molecule has 2 aromatic rings. The molecular weight excluding hydrogens is 556 g/mol. The monoisotopic (exact) mass is 585 g/mol. The number of nitrogen functional groups attached to an aromatic ring is 1. The van der Waals surface area contributed by atoms with Gasteiger partial charge in [0.25, 0.3) is 11.8 Å². The summed E-state index contributed by atoms with van der Waals surface area (Å²) < 4.78 is 7.78. The lowest BCUT2D eigenvalue weighted by Crippen LogP contribution is -2.73. The lowest BCUT2D eigenvalue weighted by Gasteiger charge is -2.49. The van der Waals surface area contributed by atoms with Crippen LogP contribution >= 0.6 is 23.1 Å². The Kier molecular flexibility index (Phi) is 8.35. The summed E-state index contributed by atoms with van der Waals surface area (Å²) >= 11 is 2.47. The molecule has 2 amide bonds. The Bertz CT molecular complexity index is 1370. The van der Waals surface area contributed by atoms with Crippen LogP contribution in [0, 0.1) is 0 Å². The maximum Gasteiger partial charge on any atom is 0.356 e. The highest BCUT2D eigenvalue weighted by atomic mass is 32.2. The molecule has 0 spiro atoms. The SMILES string of the molecule is C=CC[n+]1ccc(SCC2=C(C(=O)O)N3C(=O)[C@@H](NC(=O)C(=NOC4CCCC4)c4cnc(N)s4)[C@H]3CO2)cc1. The van der Waals surface area contributed by atoms with Crippen LogP contribution in [0.1, 0.15) is 30.6 Å². The van der Waals surface area contributed by atoms with Crippen LogP contribution in [0.15, 0.2) is 64.9 Å². The van der Waals surface area contributed by atoms with Crippen LogP contribution in [0.25, 0.3) is 0 Å². The number of thioether (sulfide) groups is 1. The van der Waals surface area contributed by atoms with E-state index >= 15 is 0 Å². The van der Waals surface area contributed by atoms with Crippen molar-refractivity contribution < 1.29 is 33.6 Å². The average Bonchev–Trinajstić information content (AvgIpc) is 3.63. The molecule has 4 heterocycles. The predicted octanol–water partition coefficient (Wildman–Crippen LogP) is 1.68. The highest BCUT2D eigenvalue weighted by Gasteiger charge is 2.55. The van der Waals surface area contributed by atoms with E-state index in [9.17, 15) is 19.5 Å². The summed E-state index contributed by atoms with van der Waals surface area (Å²) in [4.78, 5) is 50.7. The second-order valence-corrected chi connectivity index (χ2v) is 11.5. The molecule has 2 aromatic heterocycles. The van der Waals surface area contributed by atoms with Gasteiger partial charge in [-0.3, -0.25) is 14.5 Å². The zero-order valence-electron chi connectivity index (χ0n) is 21.5. The quantitative estimate of drug-likeness (QED) is 0.0890. The van der Waals surface area contributed by atoms with Crippen LogP contribution in [0.3, 0.4) is 0 Å². The summed E-state index contributed by atoms with van der Waals surface area (Å²) in [6, 6.07) is 2.17. The highest BCUT2D eigenvalue weighted by molar-refractivity contribution is 7.99. The molecule has 0 unspecified atom stereocenters. The molecule has 2 fully saturated rings. The summed E-state index contributed by atoms with van der Waals surface area (Å²) in [5.74, 6) is -2.03. The van der Waals surface area contributed by atoms with Crippen molar-refractivity contribution in [3.05, 3.63) is 59.7 Å². The number of hydrogen-bond donors (Lipinski definition) is 3. The fraction of sp³-hybridized carbons (Fsp3) is 0.385. The number of pyridine rings is 1. The molecule has 1 saturated heterocycles. The van der Waals surface area contributed by atoms with Gasteiger partial charge in [0.15, 0.2) is 35.5 Å². The lowest BCUT2D eigenvalue weighted by atomic mass is 9.92. The van der Waals surface area contributed by atoms with E-state index in [4.69, 9.17) is 15.3 Å². The first-order valence-corrected chi connectivity index (χ1v) is 14.6. The van der Waals surface area contributed by atoms with Crippen LogP contribution in [0.5, 0.6) is 0 Å². The second kappa shape index (κ2) is 12.1. The van der Waals surface area contributed by atoms with Crippen molar-refractivity contribution in [3.8, 4) is 0 Å². The molecular formula is C26H29N6O6S2+. The van der Waals surface area contributed by atoms with Crippen LogP contribution in [-0.4, -0.2) is 69.0 Å². The largest absolute Gasteiger partial charge is 0.492 e. The minimum absolute atomic E-state index is 0.0348. The Morgan fingerprint density at radius 2 is 2.12 bits per heavy atom. The third-order valence-electron chi connectivity index (χ3n) is 6.78. The van der Waals surface area contributed by atoms with E-state index < -0.39 is 29.9 Å². The number of fused-ring (bicyclic) bond motifs is 1. The Labute approximate surface area is 238 Å². The van der Waals surface area contributed by atoms with Crippen LogP contribution in [0.4, 0.5) is 5.13 Å². The second-order valence-electron chi connectivity index (χ2n) is 9.44. The number of rotatable bonds is 11. The molecule has 1 aliphatic carbocycles. The van der Waals surface area contributed by atoms with Crippen molar-refractivity contribution >= 4 is 51.7 Å². The van der Waals surface area contributed by atoms with E-state index in [1.165, 1.54) is 22.9 Å². The first-order chi connectivity index (χ1) is 19.4. The molecule has 2 atom stereocenters. The summed E-state index contributed by atoms with van der Waals surface area (Å²) in [6.07, 6.45) is 10.7. The van der Waals surface area contributed by atoms with Crippen molar-refractivity contribution in [1.82, 2.24) is 15.2 Å². The van der Waals surface area contributed by atoms with Gasteiger partial charge in [-0.2, -0.15) is 0 Å². The number of thiazole rings is 1. The number of carboxylic acid groups (broad SMARTS) is 1. The van der Waals surface area contributed by atoms with Gasteiger partial charge in [-0.25, -0.2) is 14.3 Å². The fourth-order valence-electron chi connectivity index (χ4n) is 4.76. The predicted molar refractivity (Wildman–Crippen MR) is 147 cm³/mol. The van der Waals surface area contributed by atoms with E-state index in [1.54, 1.807) is 6.08 Å². The topological polar surface area (TPSA) is 160 Å². The standard InChI is InChI=1S/C26H28N6O6S2/c1-2-9-31-10-7-16(8-11-31)39-14-18-22(25(35)36)32-17(13-37-18)20(24(32)34)29-23(33)21(19-12-28-26(27)40-19)30-38-15-5-3-4-6-15/h2,7-8,10-12,15,17,20H,1,3-6,9,13-14H2,(H3-,27,28,29,30,33,35,36)/p+1/t17-,20+/m1/s1. The van der Waals surface area contributed by atoms with E-state index in [0.29, 0.717) is 11.4 Å². The van der Waals surface area contributed by atoms with Crippen LogP contribution in [-0.2, 0) is 30.5 Å². The molecule has 0 aromatic carbocycles. The third kappa shape index (κ3) is 5.82. The molecule has 3 aliphatic rings. The number of amides is 2. The number of carbonyl (C=O) groups excluding carboxylic acids is 2. The van der Waals surface area contributed by atoms with Gasteiger partial charge >= 0.3 is 5.97 Å². The Hall–Kier alpha value is -3.91. The molecule has 12 nitrogen and oxygen atoms in total. The minimum Gasteiger partial charge on any atom is -0.492 e. The van der Waals surface area contributed by atoms with Crippen molar-refractivity contribution in [2.24, 2.45) is 5.16 Å². The van der Waals surface area contributed by atoms with Gasteiger partial charge in [0.05, 0.1) is 10.6 Å². The number of β-lactam (4-membered cyclic amide) rings is 1. The number of oxime groups is 1. The molecule has 40 heavy (non-hydrogen) atoms. The van der Waals surface area contributed by atoms with E-state index in [1.807, 2.05) is 29.1 Å². The number of nitrogens with two attached hydrogens (primary N) is 1. The van der Waals surface area contributed by atoms with Crippen LogP contribution < -0.4 is 15.6 Å². The van der Waals surface area contributed by atoms with E-state index in [0.717, 1.165) is 41.9 Å². The molecule has 14 heteroatoms. The van der Waals surface area contributed by atoms with Crippen molar-refractivity contribution in [2.45, 2.75) is 55.3 Å². The molecule has 210 valence electrons. The Morgan fingerprint density at radius 3 is 2.77 bits per heavy atom. The van der Waals surface area contributed by atoms with Gasteiger partial charge < -0.3 is 25.7 Å². The van der Waals surface area contributed by atoms with Gasteiger partial charge in [-0.1, -0.05) is 23.1 Å². The molecule has 0 bridgehead atoms. The number of nitrogens with one attached hydrogen (secondary N) is 1. The normalized spacial score (nSPS) is 20.9. The average molecular weight is 586 g/mol. The molecule has 1 saturated carbocycles. The van der Waals surface area contributed by atoms with Gasteiger partial charge in [-0.05, 0) is 31.8 Å². The van der Waals surface area contributed by atoms with Crippen molar-refractivity contribution in [2.75, 3.05) is 18.1 Å². The van der Waals surface area contributed by atoms with Crippen LogP contribution in [0.2, 0.25) is 0 Å². The number of ether oxygens (including phenoxy) is 1. The lowest BCUT2D eigenvalue weighted by molar-refractivity contribution is -0.687. The Morgan fingerprint density at radius 1 is 1.38 bits per heavy atom. The smallest absolute Gasteiger partial charge is 0.356 e. The number of nitrogens with zero attached hydrogens (tertiary/aromatic N) is 4. The van der Waals surface area contributed by atoms with Crippen molar-refractivity contribution in [3.63, 3.8) is 0 Å². The summed E-state index contributed by atoms with van der Waals surface area (Å²) in [7, 11) is 0.